The Kier molecular flexibility index (Phi) is 7.64. The number of hydrogen-bond donors (Lipinski definition) is 1. The molecule has 0 fully saturated rings. The first-order valence-electron chi connectivity index (χ1n) is 12.5. The number of thioether (sulfide) groups is 1. The van der Waals surface area contributed by atoms with Gasteiger partial charge in [0.2, 0.25) is 0 Å². The zero-order chi connectivity index (χ0) is 28.6. The highest BCUT2D eigenvalue weighted by molar-refractivity contribution is 7.98. The molecule has 0 saturated carbocycles. The second-order valence-corrected chi connectivity index (χ2v) is 10.9. The molecule has 0 saturated heterocycles. The van der Waals surface area contributed by atoms with Gasteiger partial charge in [0.05, 0.1) is 34.0 Å². The van der Waals surface area contributed by atoms with Crippen LogP contribution in [-0.2, 0) is 9.53 Å². The Bertz CT molecular complexity index is 1840. The number of esters is 1. The van der Waals surface area contributed by atoms with Crippen LogP contribution in [0.2, 0.25) is 0 Å². The lowest BCUT2D eigenvalue weighted by Crippen LogP contribution is -2.39. The third-order valence-corrected chi connectivity index (χ3v) is 8.40. The minimum absolute atomic E-state index is 0.196. The number of hydrogen-bond acceptors (Lipinski definition) is 8. The summed E-state index contributed by atoms with van der Waals surface area (Å²) in [7, 11) is 0. The molecule has 8 nitrogen and oxygen atoms in total. The number of carboxylic acids is 1. The van der Waals surface area contributed by atoms with Gasteiger partial charge in [-0.05, 0) is 68.5 Å². The number of nitrogens with zero attached hydrogens (tertiary/aromatic N) is 2. The van der Waals surface area contributed by atoms with Crippen LogP contribution in [-0.4, -0.2) is 34.5 Å². The van der Waals surface area contributed by atoms with E-state index in [9.17, 15) is 19.5 Å². The fraction of sp³-hybridized carbons (Fsp3) is 0.200. The number of benzene rings is 2. The fourth-order valence-electron chi connectivity index (χ4n) is 4.73. The Balaban J connectivity index is 1.62. The molecule has 0 radical (unpaired) electrons. The summed E-state index contributed by atoms with van der Waals surface area (Å²) in [5, 5.41) is 9.46. The summed E-state index contributed by atoms with van der Waals surface area (Å²) in [6.45, 7) is 5.42. The summed E-state index contributed by atoms with van der Waals surface area (Å²) in [5.41, 5.74) is 2.73. The van der Waals surface area contributed by atoms with E-state index in [0.29, 0.717) is 43.3 Å². The lowest BCUT2D eigenvalue weighted by Gasteiger charge is -2.24. The quantitative estimate of drug-likeness (QED) is 0.250. The van der Waals surface area contributed by atoms with Crippen molar-refractivity contribution in [2.24, 2.45) is 4.99 Å². The van der Waals surface area contributed by atoms with E-state index < -0.39 is 18.0 Å². The number of aromatic carboxylic acids is 1. The molecule has 1 N–H and O–H groups in total. The molecule has 1 aliphatic heterocycles. The highest BCUT2D eigenvalue weighted by atomic mass is 32.2. The zero-order valence-corrected chi connectivity index (χ0v) is 23.9. The fourth-order valence-corrected chi connectivity index (χ4v) is 6.17. The standard InChI is InChI=1S/C30H26N2O6S2/c1-5-37-29(36)25-17(3)31-30-32(26(25)18-9-12-20(39-4)13-10-18)27(33)24(40-30)15-19-11-14-23(38-19)21-7-6-8-22(16(21)2)28(34)35/h6-15,26H,5H2,1-4H3,(H,34,35)/b24-15-/t26-/m1/s1. The molecule has 10 heteroatoms. The van der Waals surface area contributed by atoms with Crippen LogP contribution in [0.3, 0.4) is 0 Å². The van der Waals surface area contributed by atoms with Gasteiger partial charge in [-0.2, -0.15) is 0 Å². The lowest BCUT2D eigenvalue weighted by atomic mass is 9.96. The molecule has 0 spiro atoms. The minimum Gasteiger partial charge on any atom is -0.478 e. The molecule has 0 unspecified atom stereocenters. The maximum absolute atomic E-state index is 13.8. The van der Waals surface area contributed by atoms with Crippen molar-refractivity contribution >= 4 is 41.1 Å². The van der Waals surface area contributed by atoms with Gasteiger partial charge >= 0.3 is 11.9 Å². The van der Waals surface area contributed by atoms with Gasteiger partial charge in [-0.15, -0.1) is 11.8 Å². The number of ether oxygens (including phenoxy) is 1. The van der Waals surface area contributed by atoms with Gasteiger partial charge in [0.1, 0.15) is 11.5 Å². The van der Waals surface area contributed by atoms with Crippen LogP contribution in [0, 0.1) is 6.92 Å². The molecule has 2 aromatic heterocycles. The van der Waals surface area contributed by atoms with Gasteiger partial charge in [0.25, 0.3) is 5.56 Å². The van der Waals surface area contributed by atoms with Gasteiger partial charge in [0.15, 0.2) is 4.80 Å². The molecule has 5 rings (SSSR count). The number of aromatic nitrogens is 1. The number of carbonyl (C=O) groups excluding carboxylic acids is 1. The third-order valence-electron chi connectivity index (χ3n) is 6.68. The van der Waals surface area contributed by atoms with Crippen molar-refractivity contribution in [2.45, 2.75) is 31.7 Å². The molecular weight excluding hydrogens is 548 g/mol. The van der Waals surface area contributed by atoms with Crippen LogP contribution < -0.4 is 14.9 Å². The van der Waals surface area contributed by atoms with Crippen molar-refractivity contribution < 1.29 is 23.8 Å². The predicted octanol–water partition coefficient (Wildman–Crippen LogP) is 4.79. The van der Waals surface area contributed by atoms with E-state index in [4.69, 9.17) is 9.15 Å². The molecule has 0 bridgehead atoms. The molecule has 1 aliphatic rings. The molecule has 0 amide bonds. The van der Waals surface area contributed by atoms with Gasteiger partial charge in [-0.3, -0.25) is 9.36 Å². The number of thiazole rings is 1. The molecule has 2 aromatic carbocycles. The van der Waals surface area contributed by atoms with Crippen molar-refractivity contribution in [3.63, 3.8) is 0 Å². The first kappa shape index (κ1) is 27.4. The Morgan fingerprint density at radius 1 is 1.15 bits per heavy atom. The molecule has 1 atom stereocenters. The zero-order valence-electron chi connectivity index (χ0n) is 22.3. The first-order chi connectivity index (χ1) is 19.2. The summed E-state index contributed by atoms with van der Waals surface area (Å²) in [4.78, 5) is 44.5. The molecule has 3 heterocycles. The minimum atomic E-state index is -1.01. The van der Waals surface area contributed by atoms with Gasteiger partial charge in [0, 0.05) is 16.5 Å². The smallest absolute Gasteiger partial charge is 0.338 e. The van der Waals surface area contributed by atoms with E-state index in [1.54, 1.807) is 68.9 Å². The summed E-state index contributed by atoms with van der Waals surface area (Å²) in [6.07, 6.45) is 3.62. The normalized spacial score (nSPS) is 15.1. The summed E-state index contributed by atoms with van der Waals surface area (Å²) in [6, 6.07) is 15.5. The van der Waals surface area contributed by atoms with Crippen LogP contribution in [0.15, 0.2) is 85.0 Å². The molecule has 40 heavy (non-hydrogen) atoms. The molecule has 0 aliphatic carbocycles. The SMILES string of the molecule is CCOC(=O)C1=C(C)N=c2s/c(=C\c3ccc(-c4cccc(C(=O)O)c4C)o3)c(=O)n2[C@@H]1c1ccc(SC)cc1. The van der Waals surface area contributed by atoms with E-state index >= 15 is 0 Å². The van der Waals surface area contributed by atoms with Crippen molar-refractivity contribution in [2.75, 3.05) is 12.9 Å². The van der Waals surface area contributed by atoms with Crippen molar-refractivity contribution in [1.29, 1.82) is 0 Å². The van der Waals surface area contributed by atoms with Gasteiger partial charge < -0.3 is 14.3 Å². The van der Waals surface area contributed by atoms with Crippen molar-refractivity contribution in [3.05, 3.63) is 108 Å². The van der Waals surface area contributed by atoms with Crippen molar-refractivity contribution in [3.8, 4) is 11.3 Å². The third kappa shape index (κ3) is 4.96. The maximum atomic E-state index is 13.8. The number of carboxylic acid groups (broad SMARTS) is 1. The number of furan rings is 1. The second-order valence-electron chi connectivity index (χ2n) is 9.06. The van der Waals surface area contributed by atoms with Crippen LogP contribution >= 0.6 is 23.1 Å². The van der Waals surface area contributed by atoms with E-state index in [2.05, 4.69) is 4.99 Å². The first-order valence-corrected chi connectivity index (χ1v) is 14.5. The monoisotopic (exact) mass is 574 g/mol. The molecule has 4 aromatic rings. The predicted molar refractivity (Wildman–Crippen MR) is 154 cm³/mol. The Morgan fingerprint density at radius 2 is 1.90 bits per heavy atom. The maximum Gasteiger partial charge on any atom is 0.338 e. The Labute approximate surface area is 238 Å². The summed E-state index contributed by atoms with van der Waals surface area (Å²) in [5.74, 6) is -0.594. The number of carbonyl (C=O) groups is 2. The highest BCUT2D eigenvalue weighted by Crippen LogP contribution is 2.32. The van der Waals surface area contributed by atoms with Crippen LogP contribution in [0.1, 0.15) is 47.1 Å². The Hall–Kier alpha value is -4.15. The largest absolute Gasteiger partial charge is 0.478 e. The summed E-state index contributed by atoms with van der Waals surface area (Å²) >= 11 is 2.81. The second kappa shape index (κ2) is 11.1. The Morgan fingerprint density at radius 3 is 2.58 bits per heavy atom. The van der Waals surface area contributed by atoms with E-state index in [0.717, 1.165) is 10.5 Å². The number of allylic oxidation sites excluding steroid dienone is 1. The molecule has 204 valence electrons. The highest BCUT2D eigenvalue weighted by Gasteiger charge is 2.33. The van der Waals surface area contributed by atoms with E-state index in [1.807, 2.05) is 30.5 Å². The molecular formula is C30H26N2O6S2. The van der Waals surface area contributed by atoms with E-state index in [1.165, 1.54) is 15.9 Å². The average molecular weight is 575 g/mol. The van der Waals surface area contributed by atoms with Gasteiger partial charge in [-0.1, -0.05) is 35.6 Å². The lowest BCUT2D eigenvalue weighted by molar-refractivity contribution is -0.139. The number of fused-ring (bicyclic) bond motifs is 1. The van der Waals surface area contributed by atoms with Crippen LogP contribution in [0.25, 0.3) is 17.4 Å². The average Bonchev–Trinajstić information content (AvgIpc) is 3.52. The number of rotatable bonds is 7. The summed E-state index contributed by atoms with van der Waals surface area (Å²) < 4.78 is 13.3. The van der Waals surface area contributed by atoms with Crippen LogP contribution in [0.5, 0.6) is 0 Å². The van der Waals surface area contributed by atoms with Crippen LogP contribution in [0.4, 0.5) is 0 Å². The van der Waals surface area contributed by atoms with E-state index in [-0.39, 0.29) is 17.7 Å². The topological polar surface area (TPSA) is 111 Å². The van der Waals surface area contributed by atoms with Gasteiger partial charge in [-0.25, -0.2) is 14.6 Å². The van der Waals surface area contributed by atoms with Crippen molar-refractivity contribution in [1.82, 2.24) is 4.57 Å².